The SMILES string of the molecule is [C]#CCC(C)c1cnccn1. The first-order valence-electron chi connectivity index (χ1n) is 3.50. The van der Waals surface area contributed by atoms with E-state index in [4.69, 9.17) is 6.42 Å². The Morgan fingerprint density at radius 1 is 1.64 bits per heavy atom. The van der Waals surface area contributed by atoms with Crippen LogP contribution in [-0.4, -0.2) is 9.97 Å². The van der Waals surface area contributed by atoms with Crippen molar-refractivity contribution >= 4 is 0 Å². The highest BCUT2D eigenvalue weighted by molar-refractivity contribution is 5.04. The van der Waals surface area contributed by atoms with Crippen LogP contribution in [0.4, 0.5) is 0 Å². The van der Waals surface area contributed by atoms with Crippen LogP contribution < -0.4 is 0 Å². The molecular weight excluding hydrogens is 136 g/mol. The Morgan fingerprint density at radius 2 is 2.45 bits per heavy atom. The zero-order chi connectivity index (χ0) is 8.10. The largest absolute Gasteiger partial charge is 0.261 e. The zero-order valence-corrected chi connectivity index (χ0v) is 6.41. The summed E-state index contributed by atoms with van der Waals surface area (Å²) in [5.74, 6) is 2.60. The van der Waals surface area contributed by atoms with Crippen LogP contribution in [0.5, 0.6) is 0 Å². The van der Waals surface area contributed by atoms with Gasteiger partial charge in [0.05, 0.1) is 5.69 Å². The van der Waals surface area contributed by atoms with Crippen molar-refractivity contribution in [2.24, 2.45) is 0 Å². The summed E-state index contributed by atoms with van der Waals surface area (Å²) in [5.41, 5.74) is 0.923. The van der Waals surface area contributed by atoms with Crippen molar-refractivity contribution in [1.82, 2.24) is 9.97 Å². The molecule has 1 unspecified atom stereocenters. The normalized spacial score (nSPS) is 12.0. The van der Waals surface area contributed by atoms with Gasteiger partial charge in [-0.15, -0.1) is 0 Å². The lowest BCUT2D eigenvalue weighted by molar-refractivity contribution is 0.754. The molecule has 1 heterocycles. The third kappa shape index (κ3) is 2.05. The van der Waals surface area contributed by atoms with Gasteiger partial charge in [0.2, 0.25) is 0 Å². The number of aromatic nitrogens is 2. The maximum atomic E-state index is 6.78. The van der Waals surface area contributed by atoms with Crippen molar-refractivity contribution < 1.29 is 0 Å². The number of hydrogen-bond acceptors (Lipinski definition) is 2. The van der Waals surface area contributed by atoms with Crippen LogP contribution in [-0.2, 0) is 0 Å². The highest BCUT2D eigenvalue weighted by Crippen LogP contribution is 2.13. The first-order chi connectivity index (χ1) is 5.34. The van der Waals surface area contributed by atoms with Gasteiger partial charge in [0, 0.05) is 30.9 Å². The molecule has 2 heteroatoms. The first kappa shape index (κ1) is 7.74. The van der Waals surface area contributed by atoms with E-state index in [1.165, 1.54) is 0 Å². The summed E-state index contributed by atoms with van der Waals surface area (Å²) in [6.45, 7) is 2.01. The average Bonchev–Trinajstić information content (AvgIpc) is 2.07. The molecule has 0 saturated heterocycles. The minimum absolute atomic E-state index is 0.251. The first-order valence-corrected chi connectivity index (χ1v) is 3.50. The standard InChI is InChI=1S/C9H9N2/c1-3-4-8(2)9-7-10-5-6-11-9/h5-8H,4H2,2H3. The number of hydrogen-bond donors (Lipinski definition) is 0. The Labute approximate surface area is 66.7 Å². The lowest BCUT2D eigenvalue weighted by Gasteiger charge is -2.03. The van der Waals surface area contributed by atoms with Crippen LogP contribution in [0.1, 0.15) is 25.0 Å². The molecule has 0 bridgehead atoms. The number of nitrogens with zero attached hydrogens (tertiary/aromatic N) is 2. The van der Waals surface area contributed by atoms with Gasteiger partial charge in [0.1, 0.15) is 0 Å². The highest BCUT2D eigenvalue weighted by atomic mass is 14.8. The Kier molecular flexibility index (Phi) is 2.62. The fourth-order valence-electron chi connectivity index (χ4n) is 0.823. The molecule has 0 aliphatic rings. The third-order valence-corrected chi connectivity index (χ3v) is 1.50. The summed E-state index contributed by atoms with van der Waals surface area (Å²) in [7, 11) is 0. The molecule has 0 aliphatic heterocycles. The van der Waals surface area contributed by atoms with Crippen molar-refractivity contribution in [2.45, 2.75) is 19.3 Å². The van der Waals surface area contributed by atoms with E-state index < -0.39 is 0 Å². The summed E-state index contributed by atoms with van der Waals surface area (Å²) in [5, 5.41) is 0. The van der Waals surface area contributed by atoms with Gasteiger partial charge in [-0.05, 0) is 6.42 Å². The van der Waals surface area contributed by atoms with E-state index >= 15 is 0 Å². The summed E-state index contributed by atoms with van der Waals surface area (Å²) < 4.78 is 0. The zero-order valence-electron chi connectivity index (χ0n) is 6.41. The van der Waals surface area contributed by atoms with E-state index in [-0.39, 0.29) is 5.92 Å². The summed E-state index contributed by atoms with van der Waals surface area (Å²) in [6, 6.07) is 0. The molecule has 0 amide bonds. The second-order valence-corrected chi connectivity index (χ2v) is 2.41. The molecule has 55 valence electrons. The van der Waals surface area contributed by atoms with Gasteiger partial charge in [0.25, 0.3) is 0 Å². The quantitative estimate of drug-likeness (QED) is 0.590. The Morgan fingerprint density at radius 3 is 3.00 bits per heavy atom. The Bertz CT molecular complexity index is 248. The maximum Gasteiger partial charge on any atom is 0.0624 e. The van der Waals surface area contributed by atoms with Crippen LogP contribution in [0.3, 0.4) is 0 Å². The van der Waals surface area contributed by atoms with Crippen LogP contribution >= 0.6 is 0 Å². The molecule has 1 aromatic heterocycles. The van der Waals surface area contributed by atoms with Gasteiger partial charge >= 0.3 is 0 Å². The second-order valence-electron chi connectivity index (χ2n) is 2.41. The van der Waals surface area contributed by atoms with Gasteiger partial charge in [0.15, 0.2) is 0 Å². The second kappa shape index (κ2) is 3.72. The molecule has 1 radical (unpaired) electrons. The van der Waals surface area contributed by atoms with Crippen LogP contribution in [0.15, 0.2) is 18.6 Å². The topological polar surface area (TPSA) is 25.8 Å². The van der Waals surface area contributed by atoms with E-state index in [0.29, 0.717) is 6.42 Å². The predicted molar refractivity (Wildman–Crippen MR) is 42.2 cm³/mol. The van der Waals surface area contributed by atoms with Gasteiger partial charge in [-0.25, -0.2) is 0 Å². The molecule has 11 heavy (non-hydrogen) atoms. The fraction of sp³-hybridized carbons (Fsp3) is 0.333. The van der Waals surface area contributed by atoms with Gasteiger partial charge in [-0.3, -0.25) is 9.97 Å². The lowest BCUT2D eigenvalue weighted by atomic mass is 10.1. The monoisotopic (exact) mass is 145 g/mol. The maximum absolute atomic E-state index is 6.78. The van der Waals surface area contributed by atoms with Crippen molar-refractivity contribution in [1.29, 1.82) is 0 Å². The van der Waals surface area contributed by atoms with Crippen LogP contribution in [0.2, 0.25) is 0 Å². The Hall–Kier alpha value is -1.36. The van der Waals surface area contributed by atoms with E-state index in [1.54, 1.807) is 18.6 Å². The van der Waals surface area contributed by atoms with E-state index in [0.717, 1.165) is 5.69 Å². The van der Waals surface area contributed by atoms with E-state index in [1.807, 2.05) is 6.92 Å². The molecule has 0 aromatic carbocycles. The molecule has 1 rings (SSSR count). The lowest BCUT2D eigenvalue weighted by Crippen LogP contribution is -1.95. The minimum atomic E-state index is 0.251. The molecule has 0 spiro atoms. The van der Waals surface area contributed by atoms with Gasteiger partial charge in [-0.1, -0.05) is 12.8 Å². The van der Waals surface area contributed by atoms with Crippen molar-refractivity contribution in [3.05, 3.63) is 30.7 Å². The molecule has 0 saturated carbocycles. The van der Waals surface area contributed by atoms with Crippen LogP contribution in [0.25, 0.3) is 0 Å². The minimum Gasteiger partial charge on any atom is -0.261 e. The third-order valence-electron chi connectivity index (χ3n) is 1.50. The van der Waals surface area contributed by atoms with Crippen molar-refractivity contribution in [3.8, 4) is 5.92 Å². The highest BCUT2D eigenvalue weighted by Gasteiger charge is 2.03. The summed E-state index contributed by atoms with van der Waals surface area (Å²) >= 11 is 0. The molecular formula is C9H9N2. The average molecular weight is 145 g/mol. The van der Waals surface area contributed by atoms with Gasteiger partial charge < -0.3 is 0 Å². The van der Waals surface area contributed by atoms with E-state index in [9.17, 15) is 0 Å². The van der Waals surface area contributed by atoms with Crippen molar-refractivity contribution in [3.63, 3.8) is 0 Å². The smallest absolute Gasteiger partial charge is 0.0624 e. The van der Waals surface area contributed by atoms with Crippen molar-refractivity contribution in [2.75, 3.05) is 0 Å². The molecule has 2 nitrogen and oxygen atoms in total. The van der Waals surface area contributed by atoms with Gasteiger partial charge in [-0.2, -0.15) is 0 Å². The molecule has 1 aromatic rings. The molecule has 0 fully saturated rings. The summed E-state index contributed by atoms with van der Waals surface area (Å²) in [4.78, 5) is 8.05. The fourth-order valence-corrected chi connectivity index (χ4v) is 0.823. The Balaban J connectivity index is 2.70. The summed E-state index contributed by atoms with van der Waals surface area (Å²) in [6.07, 6.45) is 12.4. The van der Waals surface area contributed by atoms with E-state index in [2.05, 4.69) is 15.9 Å². The number of rotatable bonds is 2. The molecule has 0 aliphatic carbocycles. The molecule has 0 N–H and O–H groups in total. The van der Waals surface area contributed by atoms with Crippen LogP contribution in [0, 0.1) is 12.3 Å². The molecule has 1 atom stereocenters. The predicted octanol–water partition coefficient (Wildman–Crippen LogP) is 1.56.